The Labute approximate surface area is 260 Å². The van der Waals surface area contributed by atoms with E-state index >= 15 is 0 Å². The first-order valence-electron chi connectivity index (χ1n) is 12.7. The van der Waals surface area contributed by atoms with Crippen molar-refractivity contribution in [1.82, 2.24) is 24.2 Å². The van der Waals surface area contributed by atoms with Crippen molar-refractivity contribution >= 4 is 65.4 Å². The van der Waals surface area contributed by atoms with Crippen LogP contribution in [0.1, 0.15) is 42.5 Å². The maximum Gasteiger partial charge on any atom is 0.294 e. The third-order valence-corrected chi connectivity index (χ3v) is 8.81. The smallest absolute Gasteiger partial charge is 0.294 e. The molecule has 0 unspecified atom stereocenters. The lowest BCUT2D eigenvalue weighted by atomic mass is 9.91. The number of carbonyl (C=O) groups is 1. The number of fused-ring (bicyclic) bond motifs is 1. The average molecular weight is 670 g/mol. The molecular weight excluding hydrogens is 647 g/mol. The molecule has 0 saturated heterocycles. The maximum absolute atomic E-state index is 12.8. The molecule has 5 aromatic rings. The first-order valence-corrected chi connectivity index (χ1v) is 16.4. The van der Waals surface area contributed by atoms with E-state index < -0.39 is 41.5 Å². The van der Waals surface area contributed by atoms with Gasteiger partial charge >= 0.3 is 0 Å². The second-order valence-corrected chi connectivity index (χ2v) is 14.3. The van der Waals surface area contributed by atoms with Gasteiger partial charge in [-0.15, -0.1) is 15.3 Å². The van der Waals surface area contributed by atoms with Crippen LogP contribution in [0.3, 0.4) is 0 Å². The summed E-state index contributed by atoms with van der Waals surface area (Å²) in [5.41, 5.74) is 2.40. The summed E-state index contributed by atoms with van der Waals surface area (Å²) in [4.78, 5) is 19.2. The minimum absolute atomic E-state index is 0.249. The SMILES string of the molecule is [C-]#[N+]c1c(C)nsc1N=Nc1c(C(C)(C)C)[nH]n2nc(-c3ccc(NC(=O)c4cc(S(=O)(=O)O)cc(S(=O)(=O)O)c4)cc3)nc12. The summed E-state index contributed by atoms with van der Waals surface area (Å²) in [6.45, 7) is 15.1. The molecule has 3 heterocycles. The molecule has 0 aliphatic rings. The molecule has 0 fully saturated rings. The fraction of sp³-hybridized carbons (Fsp3) is 0.192. The number of hydrogen-bond acceptors (Lipinski definition) is 11. The largest absolute Gasteiger partial charge is 0.322 e. The first kappa shape index (κ1) is 31.6. The molecule has 232 valence electrons. The standard InChI is InChI=1S/C26H23N9O7S3/c1-13-19(27-5)25(43-34-13)31-30-20-21(26(2,3)4)32-35-23(20)29-22(33-35)14-6-8-16(9-7-14)28-24(36)15-10-17(44(37,38)39)12-18(11-15)45(40,41)42/h6-12,32H,1-4H3,(H,28,36)(H,37,38,39)(H,40,41,42). The van der Waals surface area contributed by atoms with E-state index in [1.165, 1.54) is 16.8 Å². The minimum Gasteiger partial charge on any atom is -0.322 e. The third kappa shape index (κ3) is 6.50. The zero-order valence-electron chi connectivity index (χ0n) is 23.8. The number of H-pyrrole nitrogens is 1. The second-order valence-electron chi connectivity index (χ2n) is 10.7. The topological polar surface area (TPSA) is 226 Å². The van der Waals surface area contributed by atoms with Crippen LogP contribution in [0.2, 0.25) is 0 Å². The predicted molar refractivity (Wildman–Crippen MR) is 163 cm³/mol. The van der Waals surface area contributed by atoms with Crippen LogP contribution in [0.15, 0.2) is 62.5 Å². The predicted octanol–water partition coefficient (Wildman–Crippen LogP) is 5.50. The van der Waals surface area contributed by atoms with Gasteiger partial charge in [-0.1, -0.05) is 20.8 Å². The molecule has 3 aromatic heterocycles. The van der Waals surface area contributed by atoms with Gasteiger partial charge in [0, 0.05) is 22.2 Å². The third-order valence-electron chi connectivity index (χ3n) is 6.33. The molecule has 0 radical (unpaired) electrons. The molecule has 19 heteroatoms. The van der Waals surface area contributed by atoms with Crippen molar-refractivity contribution in [3.63, 3.8) is 0 Å². The van der Waals surface area contributed by atoms with Crippen LogP contribution < -0.4 is 5.32 Å². The number of nitrogens with zero attached hydrogens (tertiary/aromatic N) is 7. The summed E-state index contributed by atoms with van der Waals surface area (Å²) in [6, 6.07) is 8.30. The Hall–Kier alpha value is -4.87. The summed E-state index contributed by atoms with van der Waals surface area (Å²) in [5.74, 6) is -0.598. The quantitative estimate of drug-likeness (QED) is 0.0966. The number of benzene rings is 2. The van der Waals surface area contributed by atoms with Crippen molar-refractivity contribution in [1.29, 1.82) is 0 Å². The van der Waals surface area contributed by atoms with E-state index in [0.29, 0.717) is 50.9 Å². The summed E-state index contributed by atoms with van der Waals surface area (Å²) < 4.78 is 70.7. The van der Waals surface area contributed by atoms with E-state index in [9.17, 15) is 30.7 Å². The molecule has 45 heavy (non-hydrogen) atoms. The fourth-order valence-corrected chi connectivity index (χ4v) is 5.95. The van der Waals surface area contributed by atoms with Crippen LogP contribution in [0, 0.1) is 13.5 Å². The number of amides is 1. The molecule has 0 bridgehead atoms. The van der Waals surface area contributed by atoms with Gasteiger partial charge in [0.2, 0.25) is 11.3 Å². The van der Waals surface area contributed by atoms with Crippen molar-refractivity contribution in [2.75, 3.05) is 5.32 Å². The lowest BCUT2D eigenvalue weighted by Crippen LogP contribution is -2.14. The summed E-state index contributed by atoms with van der Waals surface area (Å²) >= 11 is 1.07. The van der Waals surface area contributed by atoms with Gasteiger partial charge in [-0.25, -0.2) is 14.2 Å². The molecular formula is C26H23N9O7S3. The number of aromatic amines is 1. The number of rotatable bonds is 7. The number of hydrogen-bond donors (Lipinski definition) is 4. The molecule has 16 nitrogen and oxygen atoms in total. The number of azo groups is 1. The highest BCUT2D eigenvalue weighted by Crippen LogP contribution is 2.39. The van der Waals surface area contributed by atoms with Gasteiger partial charge in [-0.3, -0.25) is 19.0 Å². The summed E-state index contributed by atoms with van der Waals surface area (Å²) in [5, 5.41) is 19.3. The lowest BCUT2D eigenvalue weighted by molar-refractivity contribution is 0.102. The van der Waals surface area contributed by atoms with Crippen molar-refractivity contribution in [2.45, 2.75) is 42.9 Å². The second kappa shape index (κ2) is 11.2. The Morgan fingerprint density at radius 1 is 1.04 bits per heavy atom. The number of anilines is 1. The van der Waals surface area contributed by atoms with E-state index in [1.807, 2.05) is 20.8 Å². The van der Waals surface area contributed by atoms with E-state index in [0.717, 1.165) is 23.7 Å². The lowest BCUT2D eigenvalue weighted by Gasteiger charge is -2.16. The number of nitrogens with one attached hydrogen (secondary N) is 2. The molecule has 0 saturated carbocycles. The van der Waals surface area contributed by atoms with Crippen LogP contribution in [-0.4, -0.2) is 56.0 Å². The molecule has 2 aromatic carbocycles. The molecule has 0 aliphatic heterocycles. The van der Waals surface area contributed by atoms with E-state index in [2.05, 4.69) is 39.9 Å². The van der Waals surface area contributed by atoms with Gasteiger partial charge in [0.1, 0.15) is 0 Å². The zero-order chi connectivity index (χ0) is 32.9. The highest BCUT2D eigenvalue weighted by molar-refractivity contribution is 7.86. The summed E-state index contributed by atoms with van der Waals surface area (Å²) in [6.07, 6.45) is 0. The molecule has 4 N–H and O–H groups in total. The number of aromatic nitrogens is 5. The van der Waals surface area contributed by atoms with Crippen molar-refractivity contribution in [2.24, 2.45) is 10.2 Å². The molecule has 1 amide bonds. The maximum atomic E-state index is 12.8. The van der Waals surface area contributed by atoms with E-state index in [-0.39, 0.29) is 11.1 Å². The molecule has 0 aliphatic carbocycles. The van der Waals surface area contributed by atoms with Gasteiger partial charge in [-0.2, -0.15) is 21.5 Å². The zero-order valence-corrected chi connectivity index (χ0v) is 26.3. The van der Waals surface area contributed by atoms with Crippen molar-refractivity contribution < 1.29 is 30.7 Å². The van der Waals surface area contributed by atoms with Crippen LogP contribution in [0.25, 0.3) is 21.9 Å². The Morgan fingerprint density at radius 3 is 2.22 bits per heavy atom. The van der Waals surface area contributed by atoms with Crippen LogP contribution in [0.5, 0.6) is 0 Å². The van der Waals surface area contributed by atoms with E-state index in [4.69, 9.17) is 6.57 Å². The van der Waals surface area contributed by atoms with Crippen molar-refractivity contribution in [3.05, 3.63) is 70.8 Å². The number of carbonyl (C=O) groups excluding carboxylic acids is 1. The Morgan fingerprint density at radius 2 is 1.67 bits per heavy atom. The minimum atomic E-state index is -4.89. The Kier molecular flexibility index (Phi) is 7.88. The number of aryl methyl sites for hydroxylation is 1. The molecule has 0 atom stereocenters. The molecule has 5 rings (SSSR count). The van der Waals surface area contributed by atoms with Gasteiger partial charge in [0.25, 0.3) is 26.1 Å². The van der Waals surface area contributed by atoms with Gasteiger partial charge in [0.05, 0.1) is 27.8 Å². The van der Waals surface area contributed by atoms with Crippen LogP contribution in [0.4, 0.5) is 22.1 Å². The Balaban J connectivity index is 1.44. The first-order chi connectivity index (χ1) is 21.0. The highest BCUT2D eigenvalue weighted by Gasteiger charge is 2.26. The Bertz CT molecular complexity index is 2220. The normalized spacial score (nSPS) is 12.6. The van der Waals surface area contributed by atoms with Crippen molar-refractivity contribution in [3.8, 4) is 11.4 Å². The van der Waals surface area contributed by atoms with Gasteiger partial charge < -0.3 is 5.32 Å². The average Bonchev–Trinajstić information content (AvgIpc) is 3.63. The summed E-state index contributed by atoms with van der Waals surface area (Å²) in [7, 11) is -9.78. The monoisotopic (exact) mass is 669 g/mol. The van der Waals surface area contributed by atoms with E-state index in [1.54, 1.807) is 19.1 Å². The van der Waals surface area contributed by atoms with Gasteiger partial charge in [-0.05, 0) is 60.9 Å². The molecule has 0 spiro atoms. The highest BCUT2D eigenvalue weighted by atomic mass is 32.2. The van der Waals surface area contributed by atoms with Crippen LogP contribution in [-0.2, 0) is 25.7 Å². The van der Waals surface area contributed by atoms with Crippen LogP contribution >= 0.6 is 11.5 Å². The van der Waals surface area contributed by atoms with Gasteiger partial charge in [0.15, 0.2) is 16.5 Å². The fourth-order valence-electron chi connectivity index (χ4n) is 4.10.